The Balaban J connectivity index is 3.05. The number of carbonyl (C=O) groups is 1. The van der Waals surface area contributed by atoms with Crippen molar-refractivity contribution in [1.29, 1.82) is 0 Å². The summed E-state index contributed by atoms with van der Waals surface area (Å²) in [6.45, 7) is 9.56. The molecule has 0 aliphatic heterocycles. The minimum atomic E-state index is -0.620. The van der Waals surface area contributed by atoms with Crippen molar-refractivity contribution in [3.63, 3.8) is 0 Å². The molecule has 3 heteroatoms. The maximum Gasteiger partial charge on any atom is 0.234 e. The summed E-state index contributed by atoms with van der Waals surface area (Å²) in [7, 11) is 1.80. The fraction of sp³-hybridized carbons (Fsp3) is 0.533. The predicted octanol–water partition coefficient (Wildman–Crippen LogP) is 2.72. The van der Waals surface area contributed by atoms with Crippen molar-refractivity contribution >= 4 is 11.6 Å². The number of carbonyl (C=O) groups excluding carboxylic acids is 1. The van der Waals surface area contributed by atoms with E-state index in [4.69, 9.17) is 5.73 Å². The van der Waals surface area contributed by atoms with Crippen LogP contribution in [0.3, 0.4) is 0 Å². The van der Waals surface area contributed by atoms with Crippen LogP contribution in [-0.2, 0) is 4.79 Å². The van der Waals surface area contributed by atoms with Gasteiger partial charge in [-0.25, -0.2) is 0 Å². The number of rotatable bonds is 3. The van der Waals surface area contributed by atoms with Gasteiger partial charge in [0.25, 0.3) is 0 Å². The highest BCUT2D eigenvalue weighted by Crippen LogP contribution is 2.32. The summed E-state index contributed by atoms with van der Waals surface area (Å²) in [4.78, 5) is 14.3. The molecule has 0 bridgehead atoms. The highest BCUT2D eigenvalue weighted by molar-refractivity contribution is 5.97. The quantitative estimate of drug-likeness (QED) is 0.894. The summed E-state index contributed by atoms with van der Waals surface area (Å²) >= 11 is 0. The Hall–Kier alpha value is -1.35. The first-order valence-corrected chi connectivity index (χ1v) is 6.21. The highest BCUT2D eigenvalue weighted by atomic mass is 16.2. The molecule has 100 valence electrons. The topological polar surface area (TPSA) is 46.3 Å². The molecule has 1 aromatic rings. The van der Waals surface area contributed by atoms with E-state index in [0.717, 1.165) is 11.3 Å². The molecule has 0 aliphatic rings. The summed E-state index contributed by atoms with van der Waals surface area (Å²) in [5.41, 5.74) is 6.96. The van der Waals surface area contributed by atoms with Crippen molar-refractivity contribution in [2.24, 2.45) is 11.1 Å². The molecule has 0 saturated heterocycles. The molecule has 1 aromatic carbocycles. The Kier molecular flexibility index (Phi) is 3.86. The molecular formula is C15H24N2O. The molecule has 0 spiro atoms. The van der Waals surface area contributed by atoms with Crippen LogP contribution < -0.4 is 10.6 Å². The van der Waals surface area contributed by atoms with Crippen molar-refractivity contribution < 1.29 is 4.79 Å². The molecule has 0 atom stereocenters. The third-order valence-corrected chi connectivity index (χ3v) is 3.84. The van der Waals surface area contributed by atoms with Gasteiger partial charge in [-0.2, -0.15) is 0 Å². The number of hydrogen-bond acceptors (Lipinski definition) is 2. The zero-order chi connectivity index (χ0) is 14.1. The van der Waals surface area contributed by atoms with Crippen LogP contribution in [-0.4, -0.2) is 18.5 Å². The van der Waals surface area contributed by atoms with Gasteiger partial charge in [0.05, 0.1) is 5.41 Å². The Bertz CT molecular complexity index is 444. The van der Waals surface area contributed by atoms with Crippen LogP contribution in [0.5, 0.6) is 0 Å². The molecule has 1 amide bonds. The van der Waals surface area contributed by atoms with Crippen LogP contribution >= 0.6 is 0 Å². The Morgan fingerprint density at radius 2 is 1.78 bits per heavy atom. The van der Waals surface area contributed by atoms with Gasteiger partial charge in [0.15, 0.2) is 0 Å². The van der Waals surface area contributed by atoms with E-state index in [9.17, 15) is 4.79 Å². The SMILES string of the molecule is Cc1cccc(N(C)C(=O)C(C)(C)C(C)(C)N)c1. The van der Waals surface area contributed by atoms with Crippen LogP contribution in [0, 0.1) is 12.3 Å². The first kappa shape index (κ1) is 14.7. The van der Waals surface area contributed by atoms with Gasteiger partial charge in [-0.3, -0.25) is 4.79 Å². The molecule has 0 radical (unpaired) electrons. The largest absolute Gasteiger partial charge is 0.325 e. The number of nitrogens with zero attached hydrogens (tertiary/aromatic N) is 1. The van der Waals surface area contributed by atoms with Crippen molar-refractivity contribution in [3.8, 4) is 0 Å². The van der Waals surface area contributed by atoms with Gasteiger partial charge in [0.1, 0.15) is 0 Å². The van der Waals surface area contributed by atoms with Gasteiger partial charge >= 0.3 is 0 Å². The Morgan fingerprint density at radius 1 is 1.22 bits per heavy atom. The maximum atomic E-state index is 12.6. The second-order valence-electron chi connectivity index (χ2n) is 6.05. The first-order chi connectivity index (χ1) is 8.07. The molecule has 0 fully saturated rings. The number of amides is 1. The molecule has 18 heavy (non-hydrogen) atoms. The molecular weight excluding hydrogens is 224 g/mol. The molecule has 0 unspecified atom stereocenters. The number of aryl methyl sites for hydroxylation is 1. The van der Waals surface area contributed by atoms with E-state index in [0.29, 0.717) is 0 Å². The van der Waals surface area contributed by atoms with Gasteiger partial charge in [0.2, 0.25) is 5.91 Å². The number of anilines is 1. The zero-order valence-electron chi connectivity index (χ0n) is 12.2. The third-order valence-electron chi connectivity index (χ3n) is 3.84. The van der Waals surface area contributed by atoms with Gasteiger partial charge in [-0.1, -0.05) is 12.1 Å². The van der Waals surface area contributed by atoms with E-state index < -0.39 is 11.0 Å². The normalized spacial score (nSPS) is 12.4. The van der Waals surface area contributed by atoms with Gasteiger partial charge in [0, 0.05) is 18.3 Å². The molecule has 2 N–H and O–H groups in total. The fourth-order valence-electron chi connectivity index (χ4n) is 1.65. The molecule has 0 heterocycles. The number of benzene rings is 1. The Morgan fingerprint density at radius 3 is 2.22 bits per heavy atom. The second kappa shape index (κ2) is 4.73. The summed E-state index contributed by atoms with van der Waals surface area (Å²) < 4.78 is 0. The minimum absolute atomic E-state index is 0.0283. The zero-order valence-corrected chi connectivity index (χ0v) is 12.2. The number of nitrogens with two attached hydrogens (primary N) is 1. The van der Waals surface area contributed by atoms with Crippen molar-refractivity contribution in [3.05, 3.63) is 29.8 Å². The van der Waals surface area contributed by atoms with Gasteiger partial charge in [-0.15, -0.1) is 0 Å². The summed E-state index contributed by atoms with van der Waals surface area (Å²) in [6, 6.07) is 7.90. The van der Waals surface area contributed by atoms with Gasteiger partial charge in [-0.05, 0) is 52.3 Å². The van der Waals surface area contributed by atoms with Crippen LogP contribution in [0.2, 0.25) is 0 Å². The standard InChI is InChI=1S/C15H24N2O/c1-11-8-7-9-12(10-11)17(6)13(18)14(2,3)15(4,5)16/h7-10H,16H2,1-6H3. The monoisotopic (exact) mass is 248 g/mol. The smallest absolute Gasteiger partial charge is 0.234 e. The van der Waals surface area contributed by atoms with E-state index >= 15 is 0 Å². The second-order valence-corrected chi connectivity index (χ2v) is 6.05. The average molecular weight is 248 g/mol. The van der Waals surface area contributed by atoms with Crippen LogP contribution in [0.4, 0.5) is 5.69 Å². The summed E-state index contributed by atoms with van der Waals surface area (Å²) in [5.74, 6) is 0.0283. The highest BCUT2D eigenvalue weighted by Gasteiger charge is 2.42. The van der Waals surface area contributed by atoms with E-state index in [1.54, 1.807) is 11.9 Å². The van der Waals surface area contributed by atoms with Crippen LogP contribution in [0.15, 0.2) is 24.3 Å². The molecule has 0 aromatic heterocycles. The van der Waals surface area contributed by atoms with E-state index in [1.807, 2.05) is 58.9 Å². The molecule has 0 saturated carbocycles. The van der Waals surface area contributed by atoms with Gasteiger partial charge < -0.3 is 10.6 Å². The van der Waals surface area contributed by atoms with Crippen molar-refractivity contribution in [2.75, 3.05) is 11.9 Å². The summed E-state index contributed by atoms with van der Waals surface area (Å²) in [5, 5.41) is 0. The Labute approximate surface area is 110 Å². The van der Waals surface area contributed by atoms with Crippen LogP contribution in [0.1, 0.15) is 33.3 Å². The lowest BCUT2D eigenvalue weighted by Gasteiger charge is -2.39. The maximum absolute atomic E-state index is 12.6. The third kappa shape index (κ3) is 2.72. The van der Waals surface area contributed by atoms with Crippen molar-refractivity contribution in [1.82, 2.24) is 0 Å². The predicted molar refractivity (Wildman–Crippen MR) is 76.6 cm³/mol. The van der Waals surface area contributed by atoms with Crippen LogP contribution in [0.25, 0.3) is 0 Å². The summed E-state index contributed by atoms with van der Waals surface area (Å²) in [6.07, 6.45) is 0. The lowest BCUT2D eigenvalue weighted by molar-refractivity contribution is -0.129. The average Bonchev–Trinajstić information content (AvgIpc) is 2.25. The first-order valence-electron chi connectivity index (χ1n) is 6.21. The van der Waals surface area contributed by atoms with E-state index in [2.05, 4.69) is 0 Å². The van der Waals surface area contributed by atoms with Crippen molar-refractivity contribution in [2.45, 2.75) is 40.2 Å². The van der Waals surface area contributed by atoms with E-state index in [1.165, 1.54) is 0 Å². The fourth-order valence-corrected chi connectivity index (χ4v) is 1.65. The molecule has 1 rings (SSSR count). The van der Waals surface area contributed by atoms with E-state index in [-0.39, 0.29) is 5.91 Å². The molecule has 3 nitrogen and oxygen atoms in total. The lowest BCUT2D eigenvalue weighted by atomic mass is 9.74. The minimum Gasteiger partial charge on any atom is -0.325 e. The molecule has 0 aliphatic carbocycles. The number of hydrogen-bond donors (Lipinski definition) is 1. The lowest BCUT2D eigenvalue weighted by Crippen LogP contribution is -2.56.